The minimum Gasteiger partial charge on any atom is -0.481 e. The predicted octanol–water partition coefficient (Wildman–Crippen LogP) is 0.611. The van der Waals surface area contributed by atoms with Crippen LogP contribution in [-0.2, 0) is 4.79 Å². The van der Waals surface area contributed by atoms with E-state index in [4.69, 9.17) is 5.11 Å². The van der Waals surface area contributed by atoms with Crippen molar-refractivity contribution in [2.45, 2.75) is 12.8 Å². The largest absolute Gasteiger partial charge is 0.481 e. The third-order valence-corrected chi connectivity index (χ3v) is 2.71. The molecule has 0 unspecified atom stereocenters. The Morgan fingerprint density at radius 3 is 3.00 bits per heavy atom. The maximum Gasteiger partial charge on any atom is 0.308 e. The van der Waals surface area contributed by atoms with E-state index in [1.165, 1.54) is 17.2 Å². The number of hydrogen-bond acceptors (Lipinski definition) is 4. The van der Waals surface area contributed by atoms with Gasteiger partial charge in [0.25, 0.3) is 5.91 Å². The van der Waals surface area contributed by atoms with Crippen LogP contribution in [0.3, 0.4) is 0 Å². The summed E-state index contributed by atoms with van der Waals surface area (Å²) in [7, 11) is 0. The van der Waals surface area contributed by atoms with Crippen molar-refractivity contribution >= 4 is 11.9 Å². The molecule has 16 heavy (non-hydrogen) atoms. The van der Waals surface area contributed by atoms with Crippen LogP contribution in [0.1, 0.15) is 23.3 Å². The lowest BCUT2D eigenvalue weighted by molar-refractivity contribution is -0.143. The van der Waals surface area contributed by atoms with Crippen molar-refractivity contribution < 1.29 is 19.2 Å². The van der Waals surface area contributed by atoms with Gasteiger partial charge >= 0.3 is 5.97 Å². The van der Waals surface area contributed by atoms with Gasteiger partial charge in [0.2, 0.25) is 0 Å². The van der Waals surface area contributed by atoms with Crippen molar-refractivity contribution in [3.8, 4) is 0 Å². The lowest BCUT2D eigenvalue weighted by atomic mass is 9.98. The predicted molar refractivity (Wildman–Crippen MR) is 52.8 cm³/mol. The van der Waals surface area contributed by atoms with Gasteiger partial charge in [0.05, 0.1) is 5.92 Å². The van der Waals surface area contributed by atoms with Crippen LogP contribution in [0.2, 0.25) is 0 Å². The van der Waals surface area contributed by atoms with E-state index in [0.717, 1.165) is 0 Å². The van der Waals surface area contributed by atoms with Crippen LogP contribution >= 0.6 is 0 Å². The quantitative estimate of drug-likeness (QED) is 0.795. The van der Waals surface area contributed by atoms with Gasteiger partial charge in [-0.05, 0) is 12.8 Å². The second kappa shape index (κ2) is 4.34. The zero-order valence-electron chi connectivity index (χ0n) is 8.63. The number of likely N-dealkylation sites (tertiary alicyclic amines) is 1. The second-order valence-corrected chi connectivity index (χ2v) is 3.81. The van der Waals surface area contributed by atoms with Crippen LogP contribution in [0.5, 0.6) is 0 Å². The first-order valence-electron chi connectivity index (χ1n) is 5.11. The first kappa shape index (κ1) is 10.7. The number of rotatable bonds is 2. The highest BCUT2D eigenvalue weighted by Crippen LogP contribution is 2.18. The Hall–Kier alpha value is -1.85. The molecule has 0 aromatic carbocycles. The fourth-order valence-corrected chi connectivity index (χ4v) is 1.85. The van der Waals surface area contributed by atoms with Crippen LogP contribution in [0.25, 0.3) is 0 Å². The number of piperidine rings is 1. The molecular weight excluding hydrogens is 212 g/mol. The minimum atomic E-state index is -0.849. The summed E-state index contributed by atoms with van der Waals surface area (Å²) in [6.07, 6.45) is 2.66. The van der Waals surface area contributed by atoms with Crippen molar-refractivity contribution in [2.24, 2.45) is 5.92 Å². The molecule has 1 atom stereocenters. The zero-order valence-corrected chi connectivity index (χ0v) is 8.63. The average molecular weight is 224 g/mol. The molecule has 1 aliphatic rings. The van der Waals surface area contributed by atoms with Gasteiger partial charge < -0.3 is 14.5 Å². The first-order valence-corrected chi connectivity index (χ1v) is 5.11. The Balaban J connectivity index is 2.05. The molecule has 1 fully saturated rings. The summed E-state index contributed by atoms with van der Waals surface area (Å²) in [6, 6.07) is 1.48. The number of carboxylic acids is 1. The number of carboxylic acid groups (broad SMARTS) is 1. The molecule has 1 aliphatic heterocycles. The smallest absolute Gasteiger partial charge is 0.308 e. The molecule has 86 valence electrons. The molecule has 0 spiro atoms. The number of aliphatic carboxylic acids is 1. The standard InChI is InChI=1S/C10H12N2O4/c13-9(8-3-5-16-11-8)12-4-1-2-7(6-12)10(14)15/h3,5,7H,1-2,4,6H2,(H,14,15)/t7-/m0/s1. The highest BCUT2D eigenvalue weighted by molar-refractivity contribution is 5.92. The highest BCUT2D eigenvalue weighted by atomic mass is 16.5. The molecule has 1 saturated heterocycles. The lowest BCUT2D eigenvalue weighted by Gasteiger charge is -2.29. The fraction of sp³-hybridized carbons (Fsp3) is 0.500. The van der Waals surface area contributed by atoms with E-state index < -0.39 is 11.9 Å². The van der Waals surface area contributed by atoms with E-state index >= 15 is 0 Å². The van der Waals surface area contributed by atoms with Crippen molar-refractivity contribution in [2.75, 3.05) is 13.1 Å². The molecule has 1 aromatic rings. The van der Waals surface area contributed by atoms with Gasteiger partial charge in [0.15, 0.2) is 5.69 Å². The highest BCUT2D eigenvalue weighted by Gasteiger charge is 2.29. The van der Waals surface area contributed by atoms with Gasteiger partial charge in [0.1, 0.15) is 6.26 Å². The normalized spacial score (nSPS) is 20.8. The maximum atomic E-state index is 11.8. The number of hydrogen-bond donors (Lipinski definition) is 1. The molecule has 1 N–H and O–H groups in total. The Morgan fingerprint density at radius 2 is 2.38 bits per heavy atom. The van der Waals surface area contributed by atoms with Gasteiger partial charge in [-0.3, -0.25) is 9.59 Å². The number of nitrogens with zero attached hydrogens (tertiary/aromatic N) is 2. The topological polar surface area (TPSA) is 83.6 Å². The summed E-state index contributed by atoms with van der Waals surface area (Å²) in [4.78, 5) is 24.2. The van der Waals surface area contributed by atoms with E-state index in [1.807, 2.05) is 0 Å². The Kier molecular flexibility index (Phi) is 2.89. The number of amides is 1. The summed E-state index contributed by atoms with van der Waals surface area (Å²) in [5, 5.41) is 12.4. The Bertz CT molecular complexity index is 388. The summed E-state index contributed by atoms with van der Waals surface area (Å²) in [5.74, 6) is -1.58. The second-order valence-electron chi connectivity index (χ2n) is 3.81. The van der Waals surface area contributed by atoms with E-state index in [1.54, 1.807) is 0 Å². The van der Waals surface area contributed by atoms with Gasteiger partial charge in [-0.1, -0.05) is 5.16 Å². The van der Waals surface area contributed by atoms with Gasteiger partial charge in [0, 0.05) is 19.2 Å². The molecule has 0 saturated carbocycles. The number of carbonyl (C=O) groups excluding carboxylic acids is 1. The van der Waals surface area contributed by atoms with Crippen LogP contribution in [-0.4, -0.2) is 40.1 Å². The third kappa shape index (κ3) is 2.05. The summed E-state index contributed by atoms with van der Waals surface area (Å²) in [5.41, 5.74) is 0.228. The van der Waals surface area contributed by atoms with Crippen LogP contribution in [0.4, 0.5) is 0 Å². The van der Waals surface area contributed by atoms with E-state index in [9.17, 15) is 9.59 Å². The van der Waals surface area contributed by atoms with Crippen LogP contribution in [0, 0.1) is 5.92 Å². The van der Waals surface area contributed by atoms with E-state index in [0.29, 0.717) is 19.4 Å². The van der Waals surface area contributed by atoms with Crippen LogP contribution in [0.15, 0.2) is 16.9 Å². The monoisotopic (exact) mass is 224 g/mol. The van der Waals surface area contributed by atoms with Crippen molar-refractivity contribution in [1.29, 1.82) is 0 Å². The molecule has 0 bridgehead atoms. The van der Waals surface area contributed by atoms with Gasteiger partial charge in [-0.15, -0.1) is 0 Å². The average Bonchev–Trinajstić information content (AvgIpc) is 2.81. The number of carbonyl (C=O) groups is 2. The minimum absolute atomic E-state index is 0.228. The molecule has 2 rings (SSSR count). The summed E-state index contributed by atoms with van der Waals surface area (Å²) < 4.78 is 4.59. The van der Waals surface area contributed by atoms with Gasteiger partial charge in [-0.2, -0.15) is 0 Å². The van der Waals surface area contributed by atoms with Crippen molar-refractivity contribution in [1.82, 2.24) is 10.1 Å². The molecular formula is C10H12N2O4. The Labute approximate surface area is 91.8 Å². The molecule has 2 heterocycles. The van der Waals surface area contributed by atoms with Gasteiger partial charge in [-0.25, -0.2) is 0 Å². The van der Waals surface area contributed by atoms with E-state index in [-0.39, 0.29) is 18.1 Å². The third-order valence-electron chi connectivity index (χ3n) is 2.71. The molecule has 0 aliphatic carbocycles. The summed E-state index contributed by atoms with van der Waals surface area (Å²) >= 11 is 0. The zero-order chi connectivity index (χ0) is 11.5. The first-order chi connectivity index (χ1) is 7.68. The van der Waals surface area contributed by atoms with E-state index in [2.05, 4.69) is 9.68 Å². The molecule has 6 heteroatoms. The van der Waals surface area contributed by atoms with Crippen molar-refractivity contribution in [3.05, 3.63) is 18.0 Å². The summed E-state index contributed by atoms with van der Waals surface area (Å²) in [6.45, 7) is 0.830. The lowest BCUT2D eigenvalue weighted by Crippen LogP contribution is -2.42. The Morgan fingerprint density at radius 1 is 1.56 bits per heavy atom. The molecule has 6 nitrogen and oxygen atoms in total. The van der Waals surface area contributed by atoms with Crippen molar-refractivity contribution in [3.63, 3.8) is 0 Å². The molecule has 1 amide bonds. The molecule has 1 aromatic heterocycles. The fourth-order valence-electron chi connectivity index (χ4n) is 1.85. The molecule has 0 radical (unpaired) electrons. The number of aromatic nitrogens is 1. The van der Waals surface area contributed by atoms with Crippen LogP contribution < -0.4 is 0 Å². The maximum absolute atomic E-state index is 11.8. The SMILES string of the molecule is O=C(O)[C@H]1CCCN(C(=O)c2ccon2)C1.